The van der Waals surface area contributed by atoms with Crippen LogP contribution in [0.3, 0.4) is 0 Å². The van der Waals surface area contributed by atoms with E-state index in [0.29, 0.717) is 0 Å². The zero-order chi connectivity index (χ0) is 37.1. The van der Waals surface area contributed by atoms with Crippen molar-refractivity contribution >= 4 is 21.5 Å². The lowest BCUT2D eigenvalue weighted by molar-refractivity contribution is 0.306. The van der Waals surface area contributed by atoms with Gasteiger partial charge in [-0.2, -0.15) is 0 Å². The predicted octanol–water partition coefficient (Wildman–Crippen LogP) is 17.0. The van der Waals surface area contributed by atoms with E-state index < -0.39 is 0 Å². The van der Waals surface area contributed by atoms with Gasteiger partial charge in [-0.1, -0.05) is 238 Å². The molecule has 0 unspecified atom stereocenters. The van der Waals surface area contributed by atoms with Gasteiger partial charge in [-0.15, -0.1) is 0 Å². The average Bonchev–Trinajstić information content (AvgIpc) is 3.14. The van der Waals surface area contributed by atoms with Crippen molar-refractivity contribution in [3.05, 3.63) is 48.0 Å². The van der Waals surface area contributed by atoms with E-state index in [4.69, 9.17) is 9.47 Å². The molecule has 0 saturated heterocycles. The molecule has 3 aromatic carbocycles. The van der Waals surface area contributed by atoms with Gasteiger partial charge in [0.25, 0.3) is 0 Å². The Hall–Kier alpha value is -2.22. The molecule has 0 N–H and O–H groups in total. The van der Waals surface area contributed by atoms with E-state index in [-0.39, 0.29) is 5.41 Å². The molecule has 3 aromatic rings. The third-order valence-corrected chi connectivity index (χ3v) is 11.3. The summed E-state index contributed by atoms with van der Waals surface area (Å²) in [5.74, 6) is 2.07. The van der Waals surface area contributed by atoms with Crippen LogP contribution in [-0.2, 0) is 5.41 Å². The lowest BCUT2D eigenvalue weighted by Gasteiger charge is -2.22. The molecule has 3 rings (SSSR count). The van der Waals surface area contributed by atoms with Gasteiger partial charge in [0.15, 0.2) is 0 Å². The fraction of sp³-hybridized carbons (Fsp3) is 0.720. The Morgan fingerprint density at radius 1 is 0.365 bits per heavy atom. The van der Waals surface area contributed by atoms with Gasteiger partial charge < -0.3 is 9.47 Å². The number of hydrogen-bond acceptors (Lipinski definition) is 2. The summed E-state index contributed by atoms with van der Waals surface area (Å²) in [7, 11) is 0. The molecule has 0 spiro atoms. The summed E-state index contributed by atoms with van der Waals surface area (Å²) in [6, 6.07) is 15.7. The monoisotopic (exact) mass is 715 g/mol. The molecule has 0 aliphatic carbocycles. The molecule has 52 heavy (non-hydrogen) atoms. The van der Waals surface area contributed by atoms with Gasteiger partial charge >= 0.3 is 0 Å². The summed E-state index contributed by atoms with van der Waals surface area (Å²) in [5, 5.41) is 4.75. The van der Waals surface area contributed by atoms with Crippen LogP contribution in [0.2, 0.25) is 0 Å². The Labute approximate surface area is 322 Å². The maximum absolute atomic E-state index is 6.74. The highest BCUT2D eigenvalue weighted by Gasteiger charge is 2.20. The molecule has 0 heterocycles. The Bertz CT molecular complexity index is 1320. The molecule has 0 radical (unpaired) electrons. The van der Waals surface area contributed by atoms with Crippen molar-refractivity contribution in [3.8, 4) is 11.5 Å². The van der Waals surface area contributed by atoms with Gasteiger partial charge in [-0.25, -0.2) is 0 Å². The largest absolute Gasteiger partial charge is 0.492 e. The molecule has 0 fully saturated rings. The van der Waals surface area contributed by atoms with E-state index in [1.807, 2.05) is 0 Å². The first-order valence-corrected chi connectivity index (χ1v) is 22.7. The minimum absolute atomic E-state index is 0.0704. The van der Waals surface area contributed by atoms with Crippen LogP contribution < -0.4 is 9.47 Å². The van der Waals surface area contributed by atoms with Crippen molar-refractivity contribution in [1.29, 1.82) is 0 Å². The van der Waals surface area contributed by atoms with Gasteiger partial charge in [0.2, 0.25) is 0 Å². The van der Waals surface area contributed by atoms with Crippen molar-refractivity contribution in [2.24, 2.45) is 0 Å². The first kappa shape index (κ1) is 44.2. The summed E-state index contributed by atoms with van der Waals surface area (Å²) in [6.07, 6.45) is 38.5. The number of unbranched alkanes of at least 4 members (excludes halogenated alkanes) is 26. The molecular weight excluding hydrogens is 633 g/mol. The second-order valence-electron chi connectivity index (χ2n) is 17.1. The highest BCUT2D eigenvalue weighted by molar-refractivity contribution is 6.11. The number of hydrogen-bond donors (Lipinski definition) is 0. The quantitative estimate of drug-likeness (QED) is 0.0473. The molecule has 2 nitrogen and oxygen atoms in total. The summed E-state index contributed by atoms with van der Waals surface area (Å²) in [5.41, 5.74) is 1.41. The van der Waals surface area contributed by atoms with E-state index in [0.717, 1.165) is 37.6 Å². The van der Waals surface area contributed by atoms with Crippen LogP contribution in [0.25, 0.3) is 21.5 Å². The lowest BCUT2D eigenvalue weighted by atomic mass is 9.85. The molecule has 294 valence electrons. The standard InChI is InChI=1S/C50H82O2/c1-6-8-10-12-14-16-18-20-22-24-26-28-30-34-40-51-48-44-36-32-33-37-45(44)49(47-42-43(50(3,4)5)38-39-46(47)48)52-41-35-31-29-27-25-23-21-19-17-15-13-11-9-7-2/h32-33,36-39,42H,6-31,34-35,40-41H2,1-5H3. The molecule has 0 aliphatic heterocycles. The first-order chi connectivity index (χ1) is 25.5. The highest BCUT2D eigenvalue weighted by Crippen LogP contribution is 2.44. The Morgan fingerprint density at radius 2 is 0.673 bits per heavy atom. The van der Waals surface area contributed by atoms with Crippen molar-refractivity contribution < 1.29 is 9.47 Å². The summed E-state index contributed by atoms with van der Waals surface area (Å²) >= 11 is 0. The van der Waals surface area contributed by atoms with Crippen LogP contribution in [-0.4, -0.2) is 13.2 Å². The average molecular weight is 715 g/mol. The van der Waals surface area contributed by atoms with E-state index in [9.17, 15) is 0 Å². The smallest absolute Gasteiger partial charge is 0.135 e. The number of fused-ring (bicyclic) bond motifs is 2. The van der Waals surface area contributed by atoms with Gasteiger partial charge in [0, 0.05) is 21.5 Å². The van der Waals surface area contributed by atoms with Crippen LogP contribution in [0.1, 0.15) is 220 Å². The Balaban J connectivity index is 1.45. The van der Waals surface area contributed by atoms with Gasteiger partial charge in [0.1, 0.15) is 11.5 Å². The van der Waals surface area contributed by atoms with Gasteiger partial charge in [0.05, 0.1) is 13.2 Å². The molecular formula is C50H82O2. The maximum Gasteiger partial charge on any atom is 0.135 e. The van der Waals surface area contributed by atoms with Gasteiger partial charge in [-0.3, -0.25) is 0 Å². The molecule has 0 aromatic heterocycles. The topological polar surface area (TPSA) is 18.5 Å². The van der Waals surface area contributed by atoms with Crippen LogP contribution in [0.4, 0.5) is 0 Å². The maximum atomic E-state index is 6.74. The molecule has 0 atom stereocenters. The van der Waals surface area contributed by atoms with Crippen molar-refractivity contribution in [2.45, 2.75) is 220 Å². The first-order valence-electron chi connectivity index (χ1n) is 22.7. The highest BCUT2D eigenvalue weighted by atomic mass is 16.5. The zero-order valence-corrected chi connectivity index (χ0v) is 35.1. The summed E-state index contributed by atoms with van der Waals surface area (Å²) in [4.78, 5) is 0. The third kappa shape index (κ3) is 17.3. The summed E-state index contributed by atoms with van der Waals surface area (Å²) in [6.45, 7) is 13.1. The number of benzene rings is 3. The van der Waals surface area contributed by atoms with Gasteiger partial charge in [-0.05, 0) is 29.9 Å². The Kier molecular flexibility index (Phi) is 23.3. The van der Waals surface area contributed by atoms with Crippen LogP contribution in [0.15, 0.2) is 42.5 Å². The van der Waals surface area contributed by atoms with Crippen LogP contribution in [0, 0.1) is 0 Å². The molecule has 0 bridgehead atoms. The van der Waals surface area contributed by atoms with Crippen LogP contribution in [0.5, 0.6) is 11.5 Å². The van der Waals surface area contributed by atoms with E-state index in [2.05, 4.69) is 77.1 Å². The normalized spacial score (nSPS) is 11.9. The number of ether oxygens (including phenoxy) is 2. The Morgan fingerprint density at radius 3 is 1.02 bits per heavy atom. The predicted molar refractivity (Wildman–Crippen MR) is 232 cm³/mol. The van der Waals surface area contributed by atoms with E-state index in [1.54, 1.807) is 0 Å². The molecule has 0 saturated carbocycles. The minimum Gasteiger partial charge on any atom is -0.492 e. The lowest BCUT2D eigenvalue weighted by Crippen LogP contribution is -2.11. The van der Waals surface area contributed by atoms with Crippen molar-refractivity contribution in [1.82, 2.24) is 0 Å². The zero-order valence-electron chi connectivity index (χ0n) is 35.1. The van der Waals surface area contributed by atoms with Crippen LogP contribution >= 0.6 is 0 Å². The fourth-order valence-electron chi connectivity index (χ4n) is 7.82. The van der Waals surface area contributed by atoms with Crippen molar-refractivity contribution in [2.75, 3.05) is 13.2 Å². The fourth-order valence-corrected chi connectivity index (χ4v) is 7.82. The number of rotatable bonds is 32. The summed E-state index contributed by atoms with van der Waals surface area (Å²) < 4.78 is 13.4. The molecule has 0 aliphatic rings. The second-order valence-corrected chi connectivity index (χ2v) is 17.1. The second kappa shape index (κ2) is 27.4. The van der Waals surface area contributed by atoms with Crippen molar-refractivity contribution in [3.63, 3.8) is 0 Å². The SMILES string of the molecule is CCCCCCCCCCCCCCCCOc1c2ccccc2c(OCCCCCCCCCCCCCCCC)c2cc(C(C)(C)C)ccc12. The molecule has 0 amide bonds. The van der Waals surface area contributed by atoms with E-state index in [1.165, 1.54) is 194 Å². The third-order valence-electron chi connectivity index (χ3n) is 11.3. The minimum atomic E-state index is 0.0704. The van der Waals surface area contributed by atoms with E-state index >= 15 is 0 Å². The molecule has 2 heteroatoms.